The topological polar surface area (TPSA) is 56.7 Å². The Morgan fingerprint density at radius 2 is 2.20 bits per heavy atom. The quantitative estimate of drug-likeness (QED) is 0.216. The molecule has 0 spiro atoms. The molecule has 1 aliphatic rings. The van der Waals surface area contributed by atoms with Crippen molar-refractivity contribution in [3.05, 3.63) is 30.1 Å². The van der Waals surface area contributed by atoms with Crippen molar-refractivity contribution in [1.29, 1.82) is 0 Å². The molecule has 0 aliphatic carbocycles. The van der Waals surface area contributed by atoms with E-state index in [1.54, 1.807) is 19.2 Å². The maximum Gasteiger partial charge on any atom is 0.222 e. The Labute approximate surface area is 170 Å². The lowest BCUT2D eigenvalue weighted by atomic mass is 10.3. The fourth-order valence-corrected chi connectivity index (χ4v) is 3.41. The molecule has 1 aromatic carbocycles. The predicted molar refractivity (Wildman–Crippen MR) is 112 cm³/mol. The van der Waals surface area contributed by atoms with Crippen molar-refractivity contribution in [3.8, 4) is 0 Å². The number of amides is 1. The number of benzene rings is 1. The van der Waals surface area contributed by atoms with Gasteiger partial charge in [0.25, 0.3) is 0 Å². The molecule has 5 nitrogen and oxygen atoms in total. The lowest BCUT2D eigenvalue weighted by molar-refractivity contribution is -0.129. The van der Waals surface area contributed by atoms with Gasteiger partial charge in [0.1, 0.15) is 5.82 Å². The number of likely N-dealkylation sites (tertiary alicyclic amines) is 1. The number of guanidine groups is 1. The molecule has 1 amide bonds. The number of rotatable bonds is 6. The molecule has 8 heteroatoms. The first-order valence-corrected chi connectivity index (χ1v) is 9.25. The summed E-state index contributed by atoms with van der Waals surface area (Å²) in [5, 5.41) is 6.58. The number of carbonyl (C=O) groups is 1. The predicted octanol–water partition coefficient (Wildman–Crippen LogP) is 2.71. The Hall–Kier alpha value is -1.03. The number of carbonyl (C=O) groups excluding carboxylic acids is 1. The molecular formula is C17H26FIN4OS. The van der Waals surface area contributed by atoms with Crippen molar-refractivity contribution in [1.82, 2.24) is 15.5 Å². The lowest BCUT2D eigenvalue weighted by Crippen LogP contribution is -2.45. The largest absolute Gasteiger partial charge is 0.356 e. The van der Waals surface area contributed by atoms with Crippen LogP contribution in [-0.2, 0) is 4.79 Å². The summed E-state index contributed by atoms with van der Waals surface area (Å²) in [6.45, 7) is 4.08. The van der Waals surface area contributed by atoms with Crippen molar-refractivity contribution in [2.24, 2.45) is 4.99 Å². The molecule has 1 fully saturated rings. The Morgan fingerprint density at radius 1 is 1.44 bits per heavy atom. The van der Waals surface area contributed by atoms with Crippen LogP contribution in [0, 0.1) is 5.82 Å². The van der Waals surface area contributed by atoms with E-state index < -0.39 is 0 Å². The Morgan fingerprint density at radius 3 is 2.88 bits per heavy atom. The van der Waals surface area contributed by atoms with Gasteiger partial charge in [0.15, 0.2) is 5.96 Å². The zero-order chi connectivity index (χ0) is 17.4. The monoisotopic (exact) mass is 480 g/mol. The van der Waals surface area contributed by atoms with E-state index in [9.17, 15) is 9.18 Å². The fourth-order valence-electron chi connectivity index (χ4n) is 2.61. The Bertz CT molecular complexity index is 588. The van der Waals surface area contributed by atoms with E-state index in [-0.39, 0.29) is 41.7 Å². The third-order valence-corrected chi connectivity index (χ3v) is 4.95. The number of hydrogen-bond acceptors (Lipinski definition) is 3. The molecule has 0 radical (unpaired) electrons. The first-order valence-electron chi connectivity index (χ1n) is 8.26. The molecule has 140 valence electrons. The molecule has 2 rings (SSSR count). The Balaban J connectivity index is 0.00000312. The van der Waals surface area contributed by atoms with Gasteiger partial charge in [-0.1, -0.05) is 19.1 Å². The summed E-state index contributed by atoms with van der Waals surface area (Å²) in [6.07, 6.45) is 1.48. The number of thioether (sulfide) groups is 1. The third-order valence-electron chi connectivity index (χ3n) is 3.90. The van der Waals surface area contributed by atoms with Crippen molar-refractivity contribution in [2.45, 2.75) is 30.7 Å². The normalized spacial score (nSPS) is 17.2. The zero-order valence-corrected chi connectivity index (χ0v) is 17.8. The minimum atomic E-state index is -0.184. The van der Waals surface area contributed by atoms with Crippen LogP contribution in [0.2, 0.25) is 0 Å². The van der Waals surface area contributed by atoms with Crippen molar-refractivity contribution in [2.75, 3.05) is 32.4 Å². The standard InChI is InChI=1S/C17H25FN4OS.HI/c1-3-16(23)22-10-8-13(12-22)21-17(19-2)20-9-11-24-15-7-5-4-6-14(15)18;/h4-7,13H,3,8-12H2,1-2H3,(H2,19,20,21);1H. The second-order valence-corrected chi connectivity index (χ2v) is 6.74. The molecule has 2 N–H and O–H groups in total. The van der Waals surface area contributed by atoms with Crippen LogP contribution in [-0.4, -0.2) is 55.2 Å². The molecule has 1 saturated heterocycles. The summed E-state index contributed by atoms with van der Waals surface area (Å²) >= 11 is 1.48. The smallest absolute Gasteiger partial charge is 0.222 e. The summed E-state index contributed by atoms with van der Waals surface area (Å²) in [5.74, 6) is 1.48. The van der Waals surface area contributed by atoms with E-state index in [0.717, 1.165) is 31.2 Å². The molecule has 0 bridgehead atoms. The second-order valence-electron chi connectivity index (χ2n) is 5.60. The van der Waals surface area contributed by atoms with Gasteiger partial charge < -0.3 is 15.5 Å². The average molecular weight is 480 g/mol. The minimum absolute atomic E-state index is 0. The van der Waals surface area contributed by atoms with Gasteiger partial charge in [0.05, 0.1) is 0 Å². The highest BCUT2D eigenvalue weighted by Gasteiger charge is 2.25. The van der Waals surface area contributed by atoms with Crippen LogP contribution in [0.1, 0.15) is 19.8 Å². The number of halogens is 2. The molecule has 0 aromatic heterocycles. The number of aliphatic imine (C=N–C) groups is 1. The molecule has 25 heavy (non-hydrogen) atoms. The average Bonchev–Trinajstić information content (AvgIpc) is 3.06. The lowest BCUT2D eigenvalue weighted by Gasteiger charge is -2.18. The fraction of sp³-hybridized carbons (Fsp3) is 0.529. The van der Waals surface area contributed by atoms with Crippen LogP contribution in [0.5, 0.6) is 0 Å². The van der Waals surface area contributed by atoms with Crippen molar-refractivity contribution in [3.63, 3.8) is 0 Å². The van der Waals surface area contributed by atoms with Crippen LogP contribution in [0.25, 0.3) is 0 Å². The van der Waals surface area contributed by atoms with E-state index >= 15 is 0 Å². The maximum atomic E-state index is 13.5. The van der Waals surface area contributed by atoms with E-state index in [1.807, 2.05) is 17.9 Å². The minimum Gasteiger partial charge on any atom is -0.356 e. The van der Waals surface area contributed by atoms with Crippen LogP contribution in [0.3, 0.4) is 0 Å². The molecular weight excluding hydrogens is 454 g/mol. The molecule has 1 atom stereocenters. The summed E-state index contributed by atoms with van der Waals surface area (Å²) < 4.78 is 13.5. The highest BCUT2D eigenvalue weighted by Crippen LogP contribution is 2.20. The molecule has 1 aromatic rings. The van der Waals surface area contributed by atoms with Gasteiger partial charge in [0.2, 0.25) is 5.91 Å². The van der Waals surface area contributed by atoms with E-state index in [0.29, 0.717) is 17.9 Å². The zero-order valence-electron chi connectivity index (χ0n) is 14.6. The maximum absolute atomic E-state index is 13.5. The second kappa shape index (κ2) is 11.6. The number of hydrogen-bond donors (Lipinski definition) is 2. The van der Waals surface area contributed by atoms with Gasteiger partial charge in [-0.2, -0.15) is 0 Å². The number of nitrogens with zero attached hydrogens (tertiary/aromatic N) is 2. The number of nitrogens with one attached hydrogen (secondary N) is 2. The highest BCUT2D eigenvalue weighted by molar-refractivity contribution is 14.0. The SMILES string of the molecule is CCC(=O)N1CCC(NC(=NC)NCCSc2ccccc2F)C1.I. The van der Waals surface area contributed by atoms with Gasteiger partial charge in [-0.3, -0.25) is 9.79 Å². The first-order chi connectivity index (χ1) is 11.6. The van der Waals surface area contributed by atoms with Crippen LogP contribution < -0.4 is 10.6 Å². The van der Waals surface area contributed by atoms with Gasteiger partial charge in [0, 0.05) is 49.8 Å². The van der Waals surface area contributed by atoms with Crippen molar-refractivity contribution < 1.29 is 9.18 Å². The summed E-state index contributed by atoms with van der Waals surface area (Å²) in [5.41, 5.74) is 0. The molecule has 0 saturated carbocycles. The van der Waals surface area contributed by atoms with Gasteiger partial charge in [-0.25, -0.2) is 4.39 Å². The van der Waals surface area contributed by atoms with Gasteiger partial charge in [-0.05, 0) is 18.6 Å². The first kappa shape index (κ1) is 22.0. The van der Waals surface area contributed by atoms with E-state index in [1.165, 1.54) is 17.8 Å². The summed E-state index contributed by atoms with van der Waals surface area (Å²) in [4.78, 5) is 18.5. The van der Waals surface area contributed by atoms with Crippen LogP contribution in [0.15, 0.2) is 34.2 Å². The van der Waals surface area contributed by atoms with Crippen molar-refractivity contribution >= 4 is 47.6 Å². The molecule has 1 aliphatic heterocycles. The van der Waals surface area contributed by atoms with Crippen LogP contribution >= 0.6 is 35.7 Å². The highest BCUT2D eigenvalue weighted by atomic mass is 127. The third kappa shape index (κ3) is 7.01. The summed E-state index contributed by atoms with van der Waals surface area (Å²) in [6, 6.07) is 7.01. The molecule has 1 heterocycles. The van der Waals surface area contributed by atoms with E-state index in [4.69, 9.17) is 0 Å². The Kier molecular flexibility index (Phi) is 10.2. The molecule has 1 unspecified atom stereocenters. The van der Waals surface area contributed by atoms with Gasteiger partial charge >= 0.3 is 0 Å². The summed E-state index contributed by atoms with van der Waals surface area (Å²) in [7, 11) is 1.73. The van der Waals surface area contributed by atoms with Gasteiger partial charge in [-0.15, -0.1) is 35.7 Å². The van der Waals surface area contributed by atoms with Crippen LogP contribution in [0.4, 0.5) is 4.39 Å². The van der Waals surface area contributed by atoms with E-state index in [2.05, 4.69) is 15.6 Å².